The summed E-state index contributed by atoms with van der Waals surface area (Å²) in [6.45, 7) is 7.64. The molecule has 32 heavy (non-hydrogen) atoms. The fraction of sp³-hybridized carbons (Fsp3) is 0.480. The van der Waals surface area contributed by atoms with Crippen molar-refractivity contribution >= 4 is 5.96 Å². The van der Waals surface area contributed by atoms with Crippen LogP contribution < -0.4 is 24.8 Å². The van der Waals surface area contributed by atoms with E-state index in [4.69, 9.17) is 19.2 Å². The Morgan fingerprint density at radius 3 is 2.31 bits per heavy atom. The second-order valence-corrected chi connectivity index (χ2v) is 8.07. The summed E-state index contributed by atoms with van der Waals surface area (Å²) in [4.78, 5) is 7.34. The zero-order chi connectivity index (χ0) is 22.9. The fourth-order valence-electron chi connectivity index (χ4n) is 4.15. The summed E-state index contributed by atoms with van der Waals surface area (Å²) in [5, 5.41) is 7.00. The Kier molecular flexibility index (Phi) is 8.62. The van der Waals surface area contributed by atoms with Crippen molar-refractivity contribution in [1.29, 1.82) is 0 Å². The smallest absolute Gasteiger partial charge is 0.203 e. The van der Waals surface area contributed by atoms with Gasteiger partial charge in [0.25, 0.3) is 0 Å². The molecule has 2 N–H and O–H groups in total. The van der Waals surface area contributed by atoms with Crippen molar-refractivity contribution in [3.8, 4) is 17.2 Å². The van der Waals surface area contributed by atoms with Gasteiger partial charge in [0.15, 0.2) is 17.5 Å². The van der Waals surface area contributed by atoms with E-state index in [2.05, 4.69) is 59.7 Å². The first-order chi connectivity index (χ1) is 15.6. The number of nitrogens with one attached hydrogen (secondary N) is 2. The molecule has 0 bridgehead atoms. The van der Waals surface area contributed by atoms with Gasteiger partial charge in [0.1, 0.15) is 0 Å². The van der Waals surface area contributed by atoms with E-state index in [-0.39, 0.29) is 0 Å². The molecule has 2 aromatic carbocycles. The number of rotatable bonds is 9. The van der Waals surface area contributed by atoms with Gasteiger partial charge in [-0.05, 0) is 43.5 Å². The lowest BCUT2D eigenvalue weighted by Gasteiger charge is -2.21. The van der Waals surface area contributed by atoms with Gasteiger partial charge in [-0.25, -0.2) is 4.99 Å². The molecule has 0 aliphatic carbocycles. The summed E-state index contributed by atoms with van der Waals surface area (Å²) in [6, 6.07) is 15.4. The Balaban J connectivity index is 1.66. The van der Waals surface area contributed by atoms with E-state index < -0.39 is 0 Å². The van der Waals surface area contributed by atoms with E-state index >= 15 is 0 Å². The number of ether oxygens (including phenoxy) is 3. The Bertz CT molecular complexity index is 863. The summed E-state index contributed by atoms with van der Waals surface area (Å²) in [7, 11) is 4.85. The average Bonchev–Trinajstić information content (AvgIpc) is 3.15. The van der Waals surface area contributed by atoms with Crippen molar-refractivity contribution in [2.45, 2.75) is 45.4 Å². The lowest BCUT2D eigenvalue weighted by Crippen LogP contribution is -2.44. The monoisotopic (exact) mass is 440 g/mol. The van der Waals surface area contributed by atoms with Crippen LogP contribution in [0.3, 0.4) is 0 Å². The van der Waals surface area contributed by atoms with E-state index in [0.717, 1.165) is 37.6 Å². The molecule has 0 radical (unpaired) electrons. The number of aliphatic imine (C=N–C) groups is 1. The third kappa shape index (κ3) is 6.07. The van der Waals surface area contributed by atoms with Gasteiger partial charge in [-0.2, -0.15) is 0 Å². The van der Waals surface area contributed by atoms with Crippen molar-refractivity contribution in [1.82, 2.24) is 15.5 Å². The third-order valence-electron chi connectivity index (χ3n) is 5.76. The minimum atomic E-state index is 0.353. The second kappa shape index (κ2) is 11.6. The Morgan fingerprint density at radius 2 is 1.72 bits per heavy atom. The van der Waals surface area contributed by atoms with Crippen LogP contribution in [0.5, 0.6) is 17.2 Å². The molecule has 1 fully saturated rings. The molecular formula is C25H36N4O3. The fourth-order valence-corrected chi connectivity index (χ4v) is 4.15. The molecule has 7 nitrogen and oxygen atoms in total. The molecule has 1 aliphatic heterocycles. The average molecular weight is 441 g/mol. The van der Waals surface area contributed by atoms with E-state index in [9.17, 15) is 0 Å². The molecule has 1 saturated heterocycles. The van der Waals surface area contributed by atoms with Gasteiger partial charge in [0.05, 0.1) is 27.9 Å². The molecule has 2 atom stereocenters. The Morgan fingerprint density at radius 1 is 1.03 bits per heavy atom. The van der Waals surface area contributed by atoms with E-state index in [1.54, 1.807) is 21.3 Å². The summed E-state index contributed by atoms with van der Waals surface area (Å²) in [6.07, 6.45) is 1.08. The van der Waals surface area contributed by atoms with Crippen LogP contribution in [0.2, 0.25) is 0 Å². The first-order valence-electron chi connectivity index (χ1n) is 11.2. The maximum absolute atomic E-state index is 5.46. The number of likely N-dealkylation sites (tertiary alicyclic amines) is 1. The molecule has 0 spiro atoms. The van der Waals surface area contributed by atoms with Gasteiger partial charge < -0.3 is 24.8 Å². The molecule has 1 aliphatic rings. The highest BCUT2D eigenvalue weighted by Gasteiger charge is 2.29. The molecule has 7 heteroatoms. The lowest BCUT2D eigenvalue weighted by molar-refractivity contribution is 0.258. The highest BCUT2D eigenvalue weighted by Crippen LogP contribution is 2.38. The molecule has 0 amide bonds. The van der Waals surface area contributed by atoms with Crippen LogP contribution in [0.1, 0.15) is 31.4 Å². The van der Waals surface area contributed by atoms with Crippen LogP contribution in [-0.4, -0.2) is 57.4 Å². The predicted octanol–water partition coefficient (Wildman–Crippen LogP) is 3.43. The molecule has 174 valence electrons. The summed E-state index contributed by atoms with van der Waals surface area (Å²) in [5.41, 5.74) is 2.34. The normalized spacial score (nSPS) is 19.0. The first-order valence-corrected chi connectivity index (χ1v) is 11.2. The zero-order valence-corrected chi connectivity index (χ0v) is 19.9. The standard InChI is InChI=1S/C25H36N4O3/c1-6-26-25(27-15-20-13-22(30-3)24(32-5)23(14-20)31-4)28-21-12-18(2)29(17-21)16-19-10-8-7-9-11-19/h7-11,13-14,18,21H,6,12,15-17H2,1-5H3,(H2,26,27,28). The van der Waals surface area contributed by atoms with Crippen molar-refractivity contribution in [3.05, 3.63) is 53.6 Å². The number of hydrogen-bond acceptors (Lipinski definition) is 5. The molecule has 0 saturated carbocycles. The first kappa shape index (κ1) is 23.7. The van der Waals surface area contributed by atoms with Crippen molar-refractivity contribution in [2.24, 2.45) is 4.99 Å². The van der Waals surface area contributed by atoms with Gasteiger partial charge in [-0.15, -0.1) is 0 Å². The topological polar surface area (TPSA) is 67.4 Å². The van der Waals surface area contributed by atoms with Crippen LogP contribution in [0.25, 0.3) is 0 Å². The molecular weight excluding hydrogens is 404 g/mol. The van der Waals surface area contributed by atoms with Gasteiger partial charge in [-0.3, -0.25) is 4.90 Å². The molecule has 2 unspecified atom stereocenters. The minimum absolute atomic E-state index is 0.353. The second-order valence-electron chi connectivity index (χ2n) is 8.07. The quantitative estimate of drug-likeness (QED) is 0.460. The number of methoxy groups -OCH3 is 3. The van der Waals surface area contributed by atoms with Crippen molar-refractivity contribution < 1.29 is 14.2 Å². The van der Waals surface area contributed by atoms with Crippen molar-refractivity contribution in [2.75, 3.05) is 34.4 Å². The molecule has 0 aromatic heterocycles. The van der Waals surface area contributed by atoms with E-state index in [1.165, 1.54) is 5.56 Å². The van der Waals surface area contributed by atoms with Gasteiger partial charge in [-0.1, -0.05) is 30.3 Å². The summed E-state index contributed by atoms with van der Waals surface area (Å²) in [5.74, 6) is 2.68. The van der Waals surface area contributed by atoms with E-state index in [0.29, 0.717) is 35.9 Å². The van der Waals surface area contributed by atoms with Gasteiger partial charge in [0, 0.05) is 31.7 Å². The van der Waals surface area contributed by atoms with E-state index in [1.807, 2.05) is 12.1 Å². The van der Waals surface area contributed by atoms with Crippen LogP contribution in [0.15, 0.2) is 47.5 Å². The van der Waals surface area contributed by atoms with Crippen LogP contribution in [-0.2, 0) is 13.1 Å². The minimum Gasteiger partial charge on any atom is -0.493 e. The lowest BCUT2D eigenvalue weighted by atomic mass is 10.2. The SMILES string of the molecule is CCNC(=NCc1cc(OC)c(OC)c(OC)c1)NC1CC(C)N(Cc2ccccc2)C1. The van der Waals surface area contributed by atoms with Crippen LogP contribution >= 0.6 is 0 Å². The van der Waals surface area contributed by atoms with Crippen molar-refractivity contribution in [3.63, 3.8) is 0 Å². The molecule has 2 aromatic rings. The highest BCUT2D eigenvalue weighted by molar-refractivity contribution is 5.80. The molecule has 3 rings (SSSR count). The number of benzene rings is 2. The van der Waals surface area contributed by atoms with Gasteiger partial charge >= 0.3 is 0 Å². The molecule has 1 heterocycles. The number of nitrogens with zero attached hydrogens (tertiary/aromatic N) is 2. The zero-order valence-electron chi connectivity index (χ0n) is 19.9. The summed E-state index contributed by atoms with van der Waals surface area (Å²) >= 11 is 0. The number of guanidine groups is 1. The largest absolute Gasteiger partial charge is 0.493 e. The maximum atomic E-state index is 5.46. The predicted molar refractivity (Wildman–Crippen MR) is 129 cm³/mol. The summed E-state index contributed by atoms with van der Waals surface area (Å²) < 4.78 is 16.3. The van der Waals surface area contributed by atoms with Crippen LogP contribution in [0.4, 0.5) is 0 Å². The van der Waals surface area contributed by atoms with Gasteiger partial charge in [0.2, 0.25) is 5.75 Å². The Labute approximate surface area is 191 Å². The number of hydrogen-bond donors (Lipinski definition) is 2. The highest BCUT2D eigenvalue weighted by atomic mass is 16.5. The maximum Gasteiger partial charge on any atom is 0.203 e. The third-order valence-corrected chi connectivity index (χ3v) is 5.76. The van der Waals surface area contributed by atoms with Crippen LogP contribution in [0, 0.1) is 0 Å². The Hall–Kier alpha value is -2.93.